The third-order valence-electron chi connectivity index (χ3n) is 4.97. The first kappa shape index (κ1) is 17.8. The fraction of sp³-hybridized carbons (Fsp3) is 0.227. The normalized spacial score (nSPS) is 15.4. The molecule has 3 aromatic rings. The summed E-state index contributed by atoms with van der Waals surface area (Å²) in [6.07, 6.45) is 7.86. The number of aromatic nitrogens is 2. The molecular weight excluding hydrogens is 350 g/mol. The summed E-state index contributed by atoms with van der Waals surface area (Å²) in [6.45, 7) is 0. The van der Waals surface area contributed by atoms with Crippen molar-refractivity contribution >= 4 is 17.6 Å². The Balaban J connectivity index is 1.60. The van der Waals surface area contributed by atoms with Crippen LogP contribution in [0.25, 0.3) is 0 Å². The summed E-state index contributed by atoms with van der Waals surface area (Å²) in [7, 11) is 1.86. The topological polar surface area (TPSA) is 86.7 Å². The highest BCUT2D eigenvalue weighted by molar-refractivity contribution is 5.87. The van der Waals surface area contributed by atoms with Gasteiger partial charge >= 0.3 is 0 Å². The number of anilines is 2. The number of benzene rings is 2. The van der Waals surface area contributed by atoms with Crippen molar-refractivity contribution in [3.05, 3.63) is 71.0 Å². The van der Waals surface area contributed by atoms with E-state index in [0.29, 0.717) is 5.56 Å². The maximum atomic E-state index is 9.13. The standard InChI is InChI=1S/C22H21N5O/c1-27-14-18(13-25-27)26-21-10-19(7-6-17(21)12-24)28-22-4-2-3-16-9-15(11-23)5-8-20(16)22/h5-10,12-14,22,24,26H,2-4H2,1H3/t22-/m0/s1. The van der Waals surface area contributed by atoms with Crippen LogP contribution in [0.5, 0.6) is 5.75 Å². The number of rotatable bonds is 5. The number of nitrogens with zero attached hydrogens (tertiary/aromatic N) is 3. The molecule has 0 bridgehead atoms. The first-order chi connectivity index (χ1) is 13.7. The molecule has 2 aromatic carbocycles. The number of hydrogen-bond acceptors (Lipinski definition) is 5. The number of fused-ring (bicyclic) bond motifs is 1. The zero-order valence-electron chi connectivity index (χ0n) is 15.6. The lowest BCUT2D eigenvalue weighted by atomic mass is 9.88. The summed E-state index contributed by atoms with van der Waals surface area (Å²) in [6, 6.07) is 13.7. The highest BCUT2D eigenvalue weighted by Gasteiger charge is 2.22. The molecule has 6 nitrogen and oxygen atoms in total. The Labute approximate surface area is 163 Å². The van der Waals surface area contributed by atoms with Gasteiger partial charge in [0.05, 0.1) is 29.2 Å². The molecule has 0 saturated carbocycles. The van der Waals surface area contributed by atoms with E-state index in [-0.39, 0.29) is 6.10 Å². The average Bonchev–Trinajstić information content (AvgIpc) is 3.12. The molecule has 0 fully saturated rings. The molecule has 0 aliphatic heterocycles. The maximum Gasteiger partial charge on any atom is 0.124 e. The number of hydrogen-bond donors (Lipinski definition) is 2. The lowest BCUT2D eigenvalue weighted by Gasteiger charge is -2.27. The van der Waals surface area contributed by atoms with Gasteiger partial charge in [0.25, 0.3) is 0 Å². The van der Waals surface area contributed by atoms with Crippen molar-refractivity contribution in [2.45, 2.75) is 25.4 Å². The van der Waals surface area contributed by atoms with Crippen molar-refractivity contribution < 1.29 is 4.74 Å². The number of aryl methyl sites for hydroxylation is 2. The van der Waals surface area contributed by atoms with E-state index in [2.05, 4.69) is 16.5 Å². The maximum absolute atomic E-state index is 9.13. The minimum Gasteiger partial charge on any atom is -0.486 e. The lowest BCUT2D eigenvalue weighted by Crippen LogP contribution is -2.15. The Morgan fingerprint density at radius 3 is 2.96 bits per heavy atom. The summed E-state index contributed by atoms with van der Waals surface area (Å²) in [4.78, 5) is 0. The Kier molecular flexibility index (Phi) is 4.81. The van der Waals surface area contributed by atoms with Crippen molar-refractivity contribution in [1.82, 2.24) is 9.78 Å². The summed E-state index contributed by atoms with van der Waals surface area (Å²) in [5.41, 5.74) is 5.48. The molecule has 6 heteroatoms. The molecule has 1 atom stereocenters. The summed E-state index contributed by atoms with van der Waals surface area (Å²) >= 11 is 0. The zero-order valence-corrected chi connectivity index (χ0v) is 15.6. The minimum atomic E-state index is -0.0337. The van der Waals surface area contributed by atoms with E-state index in [1.54, 1.807) is 10.9 Å². The predicted molar refractivity (Wildman–Crippen MR) is 108 cm³/mol. The van der Waals surface area contributed by atoms with Crippen molar-refractivity contribution in [1.29, 1.82) is 10.7 Å². The van der Waals surface area contributed by atoms with Gasteiger partial charge in [-0.1, -0.05) is 6.07 Å². The second-order valence-electron chi connectivity index (χ2n) is 6.95. The first-order valence-corrected chi connectivity index (χ1v) is 9.26. The van der Waals surface area contributed by atoms with Crippen LogP contribution in [0.2, 0.25) is 0 Å². The average molecular weight is 371 g/mol. The van der Waals surface area contributed by atoms with E-state index in [0.717, 1.165) is 47.5 Å². The van der Waals surface area contributed by atoms with E-state index in [1.165, 1.54) is 11.8 Å². The van der Waals surface area contributed by atoms with Crippen molar-refractivity contribution in [2.75, 3.05) is 5.32 Å². The fourth-order valence-electron chi connectivity index (χ4n) is 3.61. The van der Waals surface area contributed by atoms with Crippen molar-refractivity contribution in [2.24, 2.45) is 7.05 Å². The largest absolute Gasteiger partial charge is 0.486 e. The molecule has 1 heterocycles. The molecular formula is C22H21N5O. The monoisotopic (exact) mass is 371 g/mol. The molecule has 4 rings (SSSR count). The number of ether oxygens (including phenoxy) is 1. The molecule has 0 spiro atoms. The molecule has 1 aromatic heterocycles. The van der Waals surface area contributed by atoms with Crippen LogP contribution in [-0.2, 0) is 13.5 Å². The Bertz CT molecular complexity index is 1060. The molecule has 140 valence electrons. The van der Waals surface area contributed by atoms with Crippen molar-refractivity contribution in [3.8, 4) is 11.8 Å². The van der Waals surface area contributed by atoms with Gasteiger partial charge in [0.1, 0.15) is 11.9 Å². The Morgan fingerprint density at radius 2 is 2.21 bits per heavy atom. The fourth-order valence-corrected chi connectivity index (χ4v) is 3.61. The van der Waals surface area contributed by atoms with Gasteiger partial charge in [-0.25, -0.2) is 0 Å². The molecule has 2 N–H and O–H groups in total. The van der Waals surface area contributed by atoms with Gasteiger partial charge in [0.15, 0.2) is 0 Å². The van der Waals surface area contributed by atoms with E-state index >= 15 is 0 Å². The zero-order chi connectivity index (χ0) is 19.5. The minimum absolute atomic E-state index is 0.0337. The molecule has 0 unspecified atom stereocenters. The third-order valence-corrected chi connectivity index (χ3v) is 4.97. The van der Waals surface area contributed by atoms with Crippen LogP contribution in [-0.4, -0.2) is 16.0 Å². The van der Waals surface area contributed by atoms with Crippen LogP contribution < -0.4 is 10.1 Å². The van der Waals surface area contributed by atoms with Gasteiger partial charge in [-0.15, -0.1) is 0 Å². The van der Waals surface area contributed by atoms with E-state index in [1.807, 2.05) is 49.6 Å². The number of nitrogens with one attached hydrogen (secondary N) is 2. The summed E-state index contributed by atoms with van der Waals surface area (Å²) in [5.74, 6) is 0.749. The van der Waals surface area contributed by atoms with Gasteiger partial charge in [-0.05, 0) is 54.7 Å². The van der Waals surface area contributed by atoms with Crippen molar-refractivity contribution in [3.63, 3.8) is 0 Å². The third kappa shape index (κ3) is 3.60. The van der Waals surface area contributed by atoms with Crippen LogP contribution in [0.15, 0.2) is 48.8 Å². The van der Waals surface area contributed by atoms with E-state index in [4.69, 9.17) is 15.4 Å². The second kappa shape index (κ2) is 7.57. The van der Waals surface area contributed by atoms with Gasteiger partial charge in [0, 0.05) is 31.1 Å². The van der Waals surface area contributed by atoms with Gasteiger partial charge in [-0.2, -0.15) is 10.4 Å². The second-order valence-corrected chi connectivity index (χ2v) is 6.95. The molecule has 1 aliphatic carbocycles. The smallest absolute Gasteiger partial charge is 0.124 e. The van der Waals surface area contributed by atoms with Crippen LogP contribution in [0.4, 0.5) is 11.4 Å². The highest BCUT2D eigenvalue weighted by Crippen LogP contribution is 2.35. The predicted octanol–water partition coefficient (Wildman–Crippen LogP) is 4.49. The van der Waals surface area contributed by atoms with Gasteiger partial charge in [-0.3, -0.25) is 4.68 Å². The summed E-state index contributed by atoms with van der Waals surface area (Å²) in [5, 5.41) is 24.3. The summed E-state index contributed by atoms with van der Waals surface area (Å²) < 4.78 is 8.04. The van der Waals surface area contributed by atoms with Crippen LogP contribution in [0, 0.1) is 16.7 Å². The molecule has 0 radical (unpaired) electrons. The molecule has 0 amide bonds. The van der Waals surface area contributed by atoms with Crippen LogP contribution in [0.1, 0.15) is 41.2 Å². The Hall–Kier alpha value is -3.59. The van der Waals surface area contributed by atoms with E-state index < -0.39 is 0 Å². The van der Waals surface area contributed by atoms with E-state index in [9.17, 15) is 0 Å². The molecule has 0 saturated heterocycles. The molecule has 1 aliphatic rings. The van der Waals surface area contributed by atoms with Crippen LogP contribution >= 0.6 is 0 Å². The molecule has 28 heavy (non-hydrogen) atoms. The SMILES string of the molecule is Cn1cc(Nc2cc(O[C@H]3CCCc4cc(C#N)ccc43)ccc2C=N)cn1. The van der Waals surface area contributed by atoms with Gasteiger partial charge < -0.3 is 15.5 Å². The van der Waals surface area contributed by atoms with Crippen LogP contribution in [0.3, 0.4) is 0 Å². The number of nitriles is 1. The van der Waals surface area contributed by atoms with Gasteiger partial charge in [0.2, 0.25) is 0 Å². The quantitative estimate of drug-likeness (QED) is 0.647. The highest BCUT2D eigenvalue weighted by atomic mass is 16.5. The lowest BCUT2D eigenvalue weighted by molar-refractivity contribution is 0.183. The first-order valence-electron chi connectivity index (χ1n) is 9.26. The Morgan fingerprint density at radius 1 is 1.32 bits per heavy atom.